The molecule has 0 spiro atoms. The second-order valence-corrected chi connectivity index (χ2v) is 7.21. The van der Waals surface area contributed by atoms with Crippen LogP contribution in [0.5, 0.6) is 0 Å². The van der Waals surface area contributed by atoms with E-state index in [0.717, 1.165) is 30.5 Å². The zero-order valence-corrected chi connectivity index (χ0v) is 14.1. The molecular formula is C16H26N4S. The Morgan fingerprint density at radius 3 is 3.14 bits per heavy atom. The quantitative estimate of drug-likeness (QED) is 0.942. The molecule has 5 heteroatoms. The smallest absolute Gasteiger partial charge is 0.193 e. The highest BCUT2D eigenvalue weighted by Gasteiger charge is 2.26. The Bertz CT molecular complexity index is 547. The molecule has 1 aliphatic heterocycles. The summed E-state index contributed by atoms with van der Waals surface area (Å²) in [7, 11) is 0. The Labute approximate surface area is 131 Å². The molecule has 0 amide bonds. The molecule has 2 aromatic rings. The van der Waals surface area contributed by atoms with Crippen molar-refractivity contribution in [3.8, 4) is 0 Å². The maximum absolute atomic E-state index is 4.74. The first-order chi connectivity index (χ1) is 10.2. The second kappa shape index (κ2) is 6.46. The lowest BCUT2D eigenvalue weighted by Crippen LogP contribution is -2.43. The first-order valence-corrected chi connectivity index (χ1v) is 8.94. The standard InChI is InChI=1S/C16H26N4S/c1-4-12(2)15-11-20(13(3)5-6-17-15)10-14-9-19-7-8-21-16(19)18-14/h7-9,12-13,15,17H,4-6,10-11H2,1-3H3. The fourth-order valence-corrected chi connectivity index (χ4v) is 3.82. The summed E-state index contributed by atoms with van der Waals surface area (Å²) in [5.74, 6) is 0.725. The minimum absolute atomic E-state index is 0.601. The van der Waals surface area contributed by atoms with Gasteiger partial charge in [-0.15, -0.1) is 11.3 Å². The van der Waals surface area contributed by atoms with Crippen LogP contribution in [0.25, 0.3) is 4.96 Å². The van der Waals surface area contributed by atoms with Gasteiger partial charge in [0.1, 0.15) is 0 Å². The fourth-order valence-electron chi connectivity index (χ4n) is 3.10. The highest BCUT2D eigenvalue weighted by molar-refractivity contribution is 7.15. The van der Waals surface area contributed by atoms with Crippen molar-refractivity contribution in [2.75, 3.05) is 13.1 Å². The molecule has 1 fully saturated rings. The molecule has 0 bridgehead atoms. The van der Waals surface area contributed by atoms with Crippen molar-refractivity contribution < 1.29 is 0 Å². The number of hydrogen-bond acceptors (Lipinski definition) is 4. The van der Waals surface area contributed by atoms with Gasteiger partial charge in [0.25, 0.3) is 0 Å². The van der Waals surface area contributed by atoms with E-state index < -0.39 is 0 Å². The van der Waals surface area contributed by atoms with Crippen molar-refractivity contribution in [3.63, 3.8) is 0 Å². The van der Waals surface area contributed by atoms with E-state index in [1.807, 2.05) is 0 Å². The van der Waals surface area contributed by atoms with Gasteiger partial charge in [0, 0.05) is 42.9 Å². The normalized spacial score (nSPS) is 26.0. The molecule has 1 saturated heterocycles. The van der Waals surface area contributed by atoms with Gasteiger partial charge in [-0.2, -0.15) is 0 Å². The van der Waals surface area contributed by atoms with Crippen LogP contribution in [0.3, 0.4) is 0 Å². The van der Waals surface area contributed by atoms with Crippen molar-refractivity contribution >= 4 is 16.3 Å². The summed E-state index contributed by atoms with van der Waals surface area (Å²) in [6.45, 7) is 10.2. The van der Waals surface area contributed by atoms with E-state index in [2.05, 4.69) is 53.2 Å². The number of nitrogens with one attached hydrogen (secondary N) is 1. The molecule has 21 heavy (non-hydrogen) atoms. The Hall–Kier alpha value is -0.910. The average molecular weight is 306 g/mol. The van der Waals surface area contributed by atoms with Gasteiger partial charge in [0.15, 0.2) is 4.96 Å². The molecule has 0 saturated carbocycles. The van der Waals surface area contributed by atoms with Crippen LogP contribution in [-0.4, -0.2) is 39.5 Å². The molecule has 116 valence electrons. The average Bonchev–Trinajstić information content (AvgIpc) is 2.99. The van der Waals surface area contributed by atoms with Crippen LogP contribution in [0, 0.1) is 5.92 Å². The van der Waals surface area contributed by atoms with Crippen LogP contribution in [0.2, 0.25) is 0 Å². The van der Waals surface area contributed by atoms with Gasteiger partial charge in [0.05, 0.1) is 5.69 Å². The van der Waals surface area contributed by atoms with Crippen molar-refractivity contribution in [2.24, 2.45) is 5.92 Å². The molecule has 0 aliphatic carbocycles. The summed E-state index contributed by atoms with van der Waals surface area (Å²) >= 11 is 1.71. The van der Waals surface area contributed by atoms with Crippen LogP contribution in [-0.2, 0) is 6.54 Å². The maximum Gasteiger partial charge on any atom is 0.193 e. The van der Waals surface area contributed by atoms with Gasteiger partial charge < -0.3 is 5.32 Å². The van der Waals surface area contributed by atoms with E-state index in [9.17, 15) is 0 Å². The molecule has 3 rings (SSSR count). The van der Waals surface area contributed by atoms with Crippen molar-refractivity contribution in [1.82, 2.24) is 19.6 Å². The van der Waals surface area contributed by atoms with E-state index in [0.29, 0.717) is 12.1 Å². The molecule has 3 heterocycles. The third kappa shape index (κ3) is 3.30. The number of nitrogens with zero attached hydrogens (tertiary/aromatic N) is 3. The van der Waals surface area contributed by atoms with E-state index in [4.69, 9.17) is 4.98 Å². The number of thiazole rings is 1. The van der Waals surface area contributed by atoms with E-state index in [1.54, 1.807) is 11.3 Å². The van der Waals surface area contributed by atoms with Gasteiger partial charge in [-0.05, 0) is 25.8 Å². The number of rotatable bonds is 4. The summed E-state index contributed by atoms with van der Waals surface area (Å²) in [5.41, 5.74) is 1.19. The van der Waals surface area contributed by atoms with E-state index >= 15 is 0 Å². The monoisotopic (exact) mass is 306 g/mol. The molecule has 1 aliphatic rings. The third-order valence-electron chi connectivity index (χ3n) is 4.86. The number of aromatic nitrogens is 2. The summed E-state index contributed by atoms with van der Waals surface area (Å²) < 4.78 is 2.13. The largest absolute Gasteiger partial charge is 0.312 e. The van der Waals surface area contributed by atoms with Crippen molar-refractivity contribution in [2.45, 2.75) is 52.2 Å². The Kier molecular flexibility index (Phi) is 4.62. The van der Waals surface area contributed by atoms with E-state index in [1.165, 1.54) is 18.5 Å². The zero-order valence-electron chi connectivity index (χ0n) is 13.2. The third-order valence-corrected chi connectivity index (χ3v) is 5.63. The molecule has 3 unspecified atom stereocenters. The molecule has 2 aromatic heterocycles. The van der Waals surface area contributed by atoms with Crippen LogP contribution >= 0.6 is 11.3 Å². The molecule has 3 atom stereocenters. The van der Waals surface area contributed by atoms with Crippen molar-refractivity contribution in [3.05, 3.63) is 23.5 Å². The Morgan fingerprint density at radius 1 is 1.52 bits per heavy atom. The molecular weight excluding hydrogens is 280 g/mol. The lowest BCUT2D eigenvalue weighted by Gasteiger charge is -2.30. The maximum atomic E-state index is 4.74. The minimum Gasteiger partial charge on any atom is -0.312 e. The first kappa shape index (κ1) is 15.0. The Balaban J connectivity index is 1.72. The summed E-state index contributed by atoms with van der Waals surface area (Å²) in [5, 5.41) is 5.82. The fraction of sp³-hybridized carbons (Fsp3) is 0.688. The zero-order chi connectivity index (χ0) is 14.8. The first-order valence-electron chi connectivity index (χ1n) is 8.06. The van der Waals surface area contributed by atoms with Gasteiger partial charge in [-0.3, -0.25) is 9.30 Å². The predicted molar refractivity (Wildman–Crippen MR) is 88.8 cm³/mol. The van der Waals surface area contributed by atoms with Gasteiger partial charge in [0.2, 0.25) is 0 Å². The van der Waals surface area contributed by atoms with Crippen LogP contribution in [0.4, 0.5) is 0 Å². The number of imidazole rings is 1. The molecule has 0 aromatic carbocycles. The van der Waals surface area contributed by atoms with Crippen LogP contribution < -0.4 is 5.32 Å². The van der Waals surface area contributed by atoms with Gasteiger partial charge >= 0.3 is 0 Å². The number of hydrogen-bond donors (Lipinski definition) is 1. The molecule has 1 N–H and O–H groups in total. The lowest BCUT2D eigenvalue weighted by molar-refractivity contribution is 0.178. The Morgan fingerprint density at radius 2 is 2.38 bits per heavy atom. The summed E-state index contributed by atoms with van der Waals surface area (Å²) in [4.78, 5) is 8.44. The van der Waals surface area contributed by atoms with Crippen LogP contribution in [0.15, 0.2) is 17.8 Å². The van der Waals surface area contributed by atoms with E-state index in [-0.39, 0.29) is 0 Å². The minimum atomic E-state index is 0.601. The predicted octanol–water partition coefficient (Wildman–Crippen LogP) is 2.99. The lowest BCUT2D eigenvalue weighted by atomic mass is 9.99. The van der Waals surface area contributed by atoms with Gasteiger partial charge in [-0.25, -0.2) is 4.98 Å². The topological polar surface area (TPSA) is 32.6 Å². The summed E-state index contributed by atoms with van der Waals surface area (Å²) in [6, 6.07) is 1.22. The highest BCUT2D eigenvalue weighted by Crippen LogP contribution is 2.19. The molecule has 0 radical (unpaired) electrons. The second-order valence-electron chi connectivity index (χ2n) is 6.34. The summed E-state index contributed by atoms with van der Waals surface area (Å²) in [6.07, 6.45) is 6.72. The number of fused-ring (bicyclic) bond motifs is 1. The van der Waals surface area contributed by atoms with Crippen LogP contribution in [0.1, 0.15) is 39.3 Å². The SMILES string of the molecule is CCC(C)C1CN(Cc2cn3ccsc3n2)C(C)CCN1. The van der Waals surface area contributed by atoms with Crippen molar-refractivity contribution in [1.29, 1.82) is 0 Å². The van der Waals surface area contributed by atoms with Gasteiger partial charge in [-0.1, -0.05) is 20.3 Å². The highest BCUT2D eigenvalue weighted by atomic mass is 32.1. The molecule has 4 nitrogen and oxygen atoms in total.